The first-order valence-corrected chi connectivity index (χ1v) is 7.48. The van der Waals surface area contributed by atoms with Crippen molar-refractivity contribution in [3.63, 3.8) is 0 Å². The van der Waals surface area contributed by atoms with Crippen molar-refractivity contribution in [1.82, 2.24) is 0 Å². The van der Waals surface area contributed by atoms with Gasteiger partial charge in [-0.3, -0.25) is 0 Å². The summed E-state index contributed by atoms with van der Waals surface area (Å²) in [6.45, 7) is 3.96. The molecule has 0 aliphatic heterocycles. The summed E-state index contributed by atoms with van der Waals surface area (Å²) in [5, 5.41) is 0.420. The standard InChI is InChI=1S/C15H14Cl2N2O2S/c1-8-4-3-5-13(9(8)2)21-10-6-11(16)14(12(17)7-10)19(22)15(18)20/h3-7,22H,1-2H3,(H2,18,20). The molecule has 2 amide bonds. The Labute approximate surface area is 144 Å². The summed E-state index contributed by atoms with van der Waals surface area (Å²) in [4.78, 5) is 11.2. The molecule has 2 N–H and O–H groups in total. The van der Waals surface area contributed by atoms with Gasteiger partial charge in [-0.1, -0.05) is 48.1 Å². The zero-order valence-corrected chi connectivity index (χ0v) is 14.3. The summed E-state index contributed by atoms with van der Waals surface area (Å²) in [7, 11) is 0. The Morgan fingerprint density at radius 3 is 2.36 bits per heavy atom. The first kappa shape index (κ1) is 16.8. The Hall–Kier alpha value is -1.56. The highest BCUT2D eigenvalue weighted by atomic mass is 35.5. The van der Waals surface area contributed by atoms with Gasteiger partial charge in [0.25, 0.3) is 0 Å². The van der Waals surface area contributed by atoms with E-state index >= 15 is 0 Å². The van der Waals surface area contributed by atoms with Gasteiger partial charge in [-0.15, -0.1) is 0 Å². The van der Waals surface area contributed by atoms with E-state index in [9.17, 15) is 4.79 Å². The average molecular weight is 357 g/mol. The number of rotatable bonds is 3. The molecule has 0 radical (unpaired) electrons. The summed E-state index contributed by atoms with van der Waals surface area (Å²) >= 11 is 16.3. The lowest BCUT2D eigenvalue weighted by Crippen LogP contribution is -2.27. The number of ether oxygens (including phenoxy) is 1. The number of halogens is 2. The van der Waals surface area contributed by atoms with E-state index in [1.165, 1.54) is 0 Å². The minimum atomic E-state index is -0.782. The highest BCUT2D eigenvalue weighted by molar-refractivity contribution is 7.82. The summed E-state index contributed by atoms with van der Waals surface area (Å²) < 4.78 is 6.70. The fraction of sp³-hybridized carbons (Fsp3) is 0.133. The lowest BCUT2D eigenvalue weighted by molar-refractivity contribution is 0.257. The third-order valence-electron chi connectivity index (χ3n) is 3.19. The SMILES string of the molecule is Cc1cccc(Oc2cc(Cl)c(N(S)C(N)=O)c(Cl)c2)c1C. The Balaban J connectivity index is 2.39. The van der Waals surface area contributed by atoms with E-state index in [0.717, 1.165) is 15.4 Å². The van der Waals surface area contributed by atoms with Crippen molar-refractivity contribution in [2.24, 2.45) is 5.73 Å². The van der Waals surface area contributed by atoms with Gasteiger partial charge in [-0.2, -0.15) is 0 Å². The maximum atomic E-state index is 11.2. The van der Waals surface area contributed by atoms with Crippen LogP contribution < -0.4 is 14.8 Å². The molecule has 0 fully saturated rings. The van der Waals surface area contributed by atoms with Crippen LogP contribution in [0.25, 0.3) is 0 Å². The number of carbonyl (C=O) groups excluding carboxylic acids is 1. The molecule has 0 spiro atoms. The zero-order valence-electron chi connectivity index (χ0n) is 11.9. The molecule has 0 aliphatic rings. The number of nitrogens with two attached hydrogens (primary N) is 1. The molecular weight excluding hydrogens is 343 g/mol. The molecule has 22 heavy (non-hydrogen) atoms. The van der Waals surface area contributed by atoms with Crippen LogP contribution >= 0.6 is 36.0 Å². The van der Waals surface area contributed by atoms with Crippen LogP contribution in [-0.2, 0) is 0 Å². The molecule has 0 saturated carbocycles. The van der Waals surface area contributed by atoms with Crippen molar-refractivity contribution in [3.05, 3.63) is 51.5 Å². The van der Waals surface area contributed by atoms with Crippen molar-refractivity contribution in [3.8, 4) is 11.5 Å². The van der Waals surface area contributed by atoms with E-state index in [-0.39, 0.29) is 15.7 Å². The predicted molar refractivity (Wildman–Crippen MR) is 93.5 cm³/mol. The van der Waals surface area contributed by atoms with E-state index in [4.69, 9.17) is 33.7 Å². The Morgan fingerprint density at radius 2 is 1.82 bits per heavy atom. The molecule has 0 atom stereocenters. The van der Waals surface area contributed by atoms with E-state index < -0.39 is 6.03 Å². The lowest BCUT2D eigenvalue weighted by atomic mass is 10.1. The fourth-order valence-electron chi connectivity index (χ4n) is 1.88. The van der Waals surface area contributed by atoms with Gasteiger partial charge in [-0.05, 0) is 31.0 Å². The van der Waals surface area contributed by atoms with Crippen molar-refractivity contribution < 1.29 is 9.53 Å². The second kappa shape index (κ2) is 6.69. The minimum absolute atomic E-state index is 0.210. The number of amides is 2. The molecule has 0 saturated heterocycles. The van der Waals surface area contributed by atoms with Crippen molar-refractivity contribution in [2.45, 2.75) is 13.8 Å². The van der Waals surface area contributed by atoms with Crippen molar-refractivity contribution in [2.75, 3.05) is 4.31 Å². The van der Waals surface area contributed by atoms with Gasteiger partial charge in [0.2, 0.25) is 0 Å². The van der Waals surface area contributed by atoms with Gasteiger partial charge in [0.05, 0.1) is 15.7 Å². The maximum absolute atomic E-state index is 11.2. The lowest BCUT2D eigenvalue weighted by Gasteiger charge is -2.18. The molecule has 2 aromatic rings. The molecule has 0 heterocycles. The summed E-state index contributed by atoms with van der Waals surface area (Å²) in [6, 6.07) is 8.07. The molecule has 7 heteroatoms. The van der Waals surface area contributed by atoms with Gasteiger partial charge in [0, 0.05) is 12.1 Å². The number of thiol groups is 1. The molecule has 4 nitrogen and oxygen atoms in total. The highest BCUT2D eigenvalue weighted by Crippen LogP contribution is 2.40. The smallest absolute Gasteiger partial charge is 0.329 e. The Bertz CT molecular complexity index is 714. The topological polar surface area (TPSA) is 55.6 Å². The number of benzene rings is 2. The van der Waals surface area contributed by atoms with Crippen LogP contribution in [0.3, 0.4) is 0 Å². The van der Waals surface area contributed by atoms with Crippen LogP contribution in [0.1, 0.15) is 11.1 Å². The molecule has 116 valence electrons. The second-order valence-corrected chi connectivity index (χ2v) is 5.90. The van der Waals surface area contributed by atoms with Crippen LogP contribution in [0.4, 0.5) is 10.5 Å². The van der Waals surface area contributed by atoms with Gasteiger partial charge in [-0.25, -0.2) is 9.10 Å². The number of hydrogen-bond donors (Lipinski definition) is 2. The molecule has 2 aromatic carbocycles. The number of primary amides is 1. The van der Waals surface area contributed by atoms with Crippen molar-refractivity contribution in [1.29, 1.82) is 0 Å². The van der Waals surface area contributed by atoms with Crippen LogP contribution in [0, 0.1) is 13.8 Å². The number of hydrogen-bond acceptors (Lipinski definition) is 3. The van der Waals surface area contributed by atoms with Crippen LogP contribution in [0.5, 0.6) is 11.5 Å². The number of urea groups is 1. The highest BCUT2D eigenvalue weighted by Gasteiger charge is 2.18. The first-order valence-electron chi connectivity index (χ1n) is 6.32. The first-order chi connectivity index (χ1) is 10.3. The third kappa shape index (κ3) is 3.43. The van der Waals surface area contributed by atoms with E-state index in [1.54, 1.807) is 12.1 Å². The van der Waals surface area contributed by atoms with Gasteiger partial charge in [0.1, 0.15) is 11.5 Å². The summed E-state index contributed by atoms with van der Waals surface area (Å²) in [5.74, 6) is 1.16. The van der Waals surface area contributed by atoms with Gasteiger partial charge in [0.15, 0.2) is 0 Å². The van der Waals surface area contributed by atoms with Crippen LogP contribution in [0.2, 0.25) is 10.0 Å². The molecule has 2 rings (SSSR count). The van der Waals surface area contributed by atoms with E-state index in [2.05, 4.69) is 12.8 Å². The number of anilines is 1. The molecule has 0 unspecified atom stereocenters. The summed E-state index contributed by atoms with van der Waals surface area (Å²) in [6.07, 6.45) is 0. The molecule has 0 aliphatic carbocycles. The maximum Gasteiger partial charge on any atom is 0.329 e. The second-order valence-electron chi connectivity index (χ2n) is 4.69. The third-order valence-corrected chi connectivity index (χ3v) is 4.17. The quantitative estimate of drug-likeness (QED) is 0.748. The Morgan fingerprint density at radius 1 is 1.23 bits per heavy atom. The molecule has 0 bridgehead atoms. The normalized spacial score (nSPS) is 10.4. The van der Waals surface area contributed by atoms with E-state index in [1.807, 2.05) is 32.0 Å². The number of aryl methyl sites for hydroxylation is 1. The zero-order chi connectivity index (χ0) is 16.4. The van der Waals surface area contributed by atoms with Gasteiger partial charge < -0.3 is 10.5 Å². The number of carbonyl (C=O) groups is 1. The number of nitrogens with zero attached hydrogens (tertiary/aromatic N) is 1. The van der Waals surface area contributed by atoms with Crippen LogP contribution in [0.15, 0.2) is 30.3 Å². The van der Waals surface area contributed by atoms with Crippen LogP contribution in [-0.4, -0.2) is 6.03 Å². The summed E-state index contributed by atoms with van der Waals surface area (Å²) in [5.41, 5.74) is 7.51. The van der Waals surface area contributed by atoms with Crippen molar-refractivity contribution >= 4 is 47.7 Å². The largest absolute Gasteiger partial charge is 0.457 e. The average Bonchev–Trinajstić information content (AvgIpc) is 2.43. The molecular formula is C15H14Cl2N2O2S. The fourth-order valence-corrected chi connectivity index (χ4v) is 2.84. The van der Waals surface area contributed by atoms with E-state index in [0.29, 0.717) is 11.5 Å². The molecule has 0 aromatic heterocycles. The Kier molecular flexibility index (Phi) is 5.11. The monoisotopic (exact) mass is 356 g/mol. The minimum Gasteiger partial charge on any atom is -0.457 e. The predicted octanol–water partition coefficient (Wildman–Crippen LogP) is 5.13. The van der Waals surface area contributed by atoms with Gasteiger partial charge >= 0.3 is 6.03 Å².